The predicted molar refractivity (Wildman–Crippen MR) is 106 cm³/mol. The van der Waals surface area contributed by atoms with Crippen molar-refractivity contribution in [1.82, 2.24) is 0 Å². The highest BCUT2D eigenvalue weighted by Crippen LogP contribution is 2.24. The average molecular weight is 387 g/mol. The lowest BCUT2D eigenvalue weighted by molar-refractivity contribution is -0.160. The van der Waals surface area contributed by atoms with Gasteiger partial charge in [-0.1, -0.05) is 66.2 Å². The Morgan fingerprint density at radius 2 is 1.56 bits per heavy atom. The lowest BCUT2D eigenvalue weighted by Crippen LogP contribution is -2.33. The summed E-state index contributed by atoms with van der Waals surface area (Å²) in [4.78, 5) is 24.5. The molecule has 0 saturated heterocycles. The van der Waals surface area contributed by atoms with Crippen molar-refractivity contribution in [3.63, 3.8) is 0 Å². The van der Waals surface area contributed by atoms with Crippen molar-refractivity contribution < 1.29 is 19.1 Å². The molecule has 0 heterocycles. The first-order valence-corrected chi connectivity index (χ1v) is 9.06. The molecule has 0 aromatic heterocycles. The summed E-state index contributed by atoms with van der Waals surface area (Å²) in [6.45, 7) is 0. The van der Waals surface area contributed by atoms with Gasteiger partial charge in [-0.05, 0) is 36.1 Å². The first-order valence-electron chi connectivity index (χ1n) is 8.68. The summed E-state index contributed by atoms with van der Waals surface area (Å²) in [5.41, 5.74) is 2.06. The molecular formula is C22H23ClO4. The molecule has 27 heavy (non-hydrogen) atoms. The summed E-state index contributed by atoms with van der Waals surface area (Å²) in [6, 6.07) is 17.2. The van der Waals surface area contributed by atoms with Gasteiger partial charge in [0.15, 0.2) is 5.92 Å². The second-order valence-corrected chi connectivity index (χ2v) is 6.56. The van der Waals surface area contributed by atoms with Crippen molar-refractivity contribution in [3.05, 3.63) is 76.8 Å². The van der Waals surface area contributed by atoms with Crippen molar-refractivity contribution >= 4 is 29.6 Å². The minimum Gasteiger partial charge on any atom is -0.468 e. The van der Waals surface area contributed by atoms with E-state index in [1.54, 1.807) is 12.1 Å². The third kappa shape index (κ3) is 6.26. The van der Waals surface area contributed by atoms with Gasteiger partial charge in [-0.2, -0.15) is 0 Å². The summed E-state index contributed by atoms with van der Waals surface area (Å²) in [5, 5.41) is 0.648. The molecule has 2 rings (SSSR count). The maximum Gasteiger partial charge on any atom is 0.320 e. The van der Waals surface area contributed by atoms with E-state index in [0.29, 0.717) is 11.4 Å². The minimum atomic E-state index is -1.01. The van der Waals surface area contributed by atoms with Crippen LogP contribution in [-0.2, 0) is 25.5 Å². The van der Waals surface area contributed by atoms with Gasteiger partial charge in [-0.15, -0.1) is 0 Å². The van der Waals surface area contributed by atoms with E-state index in [2.05, 4.69) is 0 Å². The topological polar surface area (TPSA) is 52.6 Å². The van der Waals surface area contributed by atoms with E-state index in [0.717, 1.165) is 17.5 Å². The molecule has 0 saturated carbocycles. The Morgan fingerprint density at radius 3 is 2.11 bits per heavy atom. The van der Waals surface area contributed by atoms with Gasteiger partial charge < -0.3 is 9.47 Å². The average Bonchev–Trinajstić information content (AvgIpc) is 2.71. The smallest absolute Gasteiger partial charge is 0.320 e. The summed E-state index contributed by atoms with van der Waals surface area (Å²) in [5.74, 6) is -2.56. The van der Waals surface area contributed by atoms with E-state index in [1.807, 2.05) is 54.6 Å². The fraction of sp³-hybridized carbons (Fsp3) is 0.273. The normalized spacial score (nSPS) is 12.1. The van der Waals surface area contributed by atoms with Crippen molar-refractivity contribution in [2.75, 3.05) is 14.2 Å². The Kier molecular flexibility index (Phi) is 8.08. The van der Waals surface area contributed by atoms with E-state index >= 15 is 0 Å². The third-order valence-corrected chi connectivity index (χ3v) is 4.61. The van der Waals surface area contributed by atoms with Crippen molar-refractivity contribution in [1.29, 1.82) is 0 Å². The van der Waals surface area contributed by atoms with Gasteiger partial charge in [0.05, 0.1) is 14.2 Å². The minimum absolute atomic E-state index is 0.360. The van der Waals surface area contributed by atoms with Crippen LogP contribution >= 0.6 is 11.6 Å². The molecule has 4 nitrogen and oxygen atoms in total. The Bertz CT molecular complexity index is 753. The Morgan fingerprint density at radius 1 is 0.963 bits per heavy atom. The molecule has 0 spiro atoms. The summed E-state index contributed by atoms with van der Waals surface area (Å²) in [7, 11) is 2.55. The van der Waals surface area contributed by atoms with E-state index in [4.69, 9.17) is 21.1 Å². The molecule has 0 aliphatic heterocycles. The molecule has 2 aromatic carbocycles. The van der Waals surface area contributed by atoms with Crippen molar-refractivity contribution in [2.24, 2.45) is 11.8 Å². The first-order chi connectivity index (χ1) is 13.0. The lowest BCUT2D eigenvalue weighted by Gasteiger charge is -2.20. The van der Waals surface area contributed by atoms with Gasteiger partial charge in [-0.3, -0.25) is 9.59 Å². The number of carbonyl (C=O) groups is 2. The molecule has 5 heteroatoms. The number of benzene rings is 2. The van der Waals surface area contributed by atoms with Crippen LogP contribution in [-0.4, -0.2) is 26.2 Å². The lowest BCUT2D eigenvalue weighted by atomic mass is 9.86. The number of rotatable bonds is 8. The van der Waals surface area contributed by atoms with Crippen molar-refractivity contribution in [3.8, 4) is 0 Å². The summed E-state index contributed by atoms with van der Waals surface area (Å²) >= 11 is 5.92. The van der Waals surface area contributed by atoms with Crippen LogP contribution in [0.2, 0.25) is 5.02 Å². The Labute approximate surface area is 164 Å². The molecule has 0 amide bonds. The molecule has 0 N–H and O–H groups in total. The Hall–Kier alpha value is -2.59. The second kappa shape index (κ2) is 10.5. The van der Waals surface area contributed by atoms with Crippen LogP contribution in [0.1, 0.15) is 17.5 Å². The predicted octanol–water partition coefficient (Wildman–Crippen LogP) is 4.56. The van der Waals surface area contributed by atoms with Gasteiger partial charge in [0.25, 0.3) is 0 Å². The van der Waals surface area contributed by atoms with Gasteiger partial charge in [0.1, 0.15) is 0 Å². The molecule has 1 unspecified atom stereocenters. The summed E-state index contributed by atoms with van der Waals surface area (Å²) < 4.78 is 9.69. The van der Waals surface area contributed by atoms with Gasteiger partial charge in [-0.25, -0.2) is 0 Å². The molecule has 142 valence electrons. The number of allylic oxidation sites excluding steroid dienone is 1. The highest BCUT2D eigenvalue weighted by atomic mass is 35.5. The molecule has 0 bridgehead atoms. The van der Waals surface area contributed by atoms with Crippen LogP contribution in [0.5, 0.6) is 0 Å². The van der Waals surface area contributed by atoms with E-state index in [-0.39, 0.29) is 5.92 Å². The van der Waals surface area contributed by atoms with E-state index in [9.17, 15) is 9.59 Å². The van der Waals surface area contributed by atoms with Gasteiger partial charge in [0, 0.05) is 10.9 Å². The number of aryl methyl sites for hydroxylation is 1. The third-order valence-electron chi connectivity index (χ3n) is 4.35. The van der Waals surface area contributed by atoms with Crippen LogP contribution < -0.4 is 0 Å². The van der Waals surface area contributed by atoms with Gasteiger partial charge in [0.2, 0.25) is 0 Å². The largest absolute Gasteiger partial charge is 0.468 e. The van der Waals surface area contributed by atoms with Gasteiger partial charge >= 0.3 is 11.9 Å². The van der Waals surface area contributed by atoms with Crippen molar-refractivity contribution in [2.45, 2.75) is 12.8 Å². The van der Waals surface area contributed by atoms with Crippen LogP contribution in [0.25, 0.3) is 6.08 Å². The second-order valence-electron chi connectivity index (χ2n) is 6.12. The van der Waals surface area contributed by atoms with Crippen LogP contribution in [0.3, 0.4) is 0 Å². The fourth-order valence-electron chi connectivity index (χ4n) is 2.86. The highest BCUT2D eigenvalue weighted by molar-refractivity contribution is 6.30. The monoisotopic (exact) mass is 386 g/mol. The molecule has 0 fully saturated rings. The maximum atomic E-state index is 12.2. The molecule has 1 atom stereocenters. The highest BCUT2D eigenvalue weighted by Gasteiger charge is 2.35. The zero-order valence-electron chi connectivity index (χ0n) is 15.4. The van der Waals surface area contributed by atoms with Crippen LogP contribution in [0.4, 0.5) is 0 Å². The number of hydrogen-bond donors (Lipinski definition) is 0. The SMILES string of the molecule is COC(=O)C(C(=O)OC)C(/C=C/c1ccc(Cl)cc1)CCc1ccccc1. The first kappa shape index (κ1) is 20.7. The van der Waals surface area contributed by atoms with Crippen LogP contribution in [0, 0.1) is 11.8 Å². The number of esters is 2. The standard InChI is InChI=1S/C22H23ClO4/c1-26-21(24)20(22(25)27-2)18(12-8-16-6-4-3-5-7-16)13-9-17-10-14-19(23)15-11-17/h3-7,9-11,13-15,18,20H,8,12H2,1-2H3/b13-9+. The molecule has 0 aliphatic rings. The number of carbonyl (C=O) groups excluding carboxylic acids is 2. The number of halogens is 1. The molecule has 0 radical (unpaired) electrons. The quantitative estimate of drug-likeness (QED) is 0.492. The Balaban J connectivity index is 2.26. The van der Waals surface area contributed by atoms with Crippen LogP contribution in [0.15, 0.2) is 60.7 Å². The molecule has 0 aliphatic carbocycles. The van der Waals surface area contributed by atoms with E-state index < -0.39 is 17.9 Å². The molecule has 2 aromatic rings. The zero-order chi connectivity index (χ0) is 19.6. The number of ether oxygens (including phenoxy) is 2. The van der Waals surface area contributed by atoms with E-state index in [1.165, 1.54) is 14.2 Å². The zero-order valence-corrected chi connectivity index (χ0v) is 16.2. The number of hydrogen-bond acceptors (Lipinski definition) is 4. The fourth-order valence-corrected chi connectivity index (χ4v) is 2.99. The summed E-state index contributed by atoms with van der Waals surface area (Å²) in [6.07, 6.45) is 5.07. The molecular weight excluding hydrogens is 364 g/mol. The maximum absolute atomic E-state index is 12.2. The number of methoxy groups -OCH3 is 2.